The summed E-state index contributed by atoms with van der Waals surface area (Å²) in [7, 11) is 0. The van der Waals surface area contributed by atoms with Gasteiger partial charge in [0.25, 0.3) is 0 Å². The van der Waals surface area contributed by atoms with Gasteiger partial charge in [-0.2, -0.15) is 4.21 Å². The Kier molecular flexibility index (Phi) is 3.38. The van der Waals surface area contributed by atoms with Gasteiger partial charge in [0.15, 0.2) is 0 Å². The van der Waals surface area contributed by atoms with Crippen LogP contribution in [0.2, 0.25) is 0 Å². The average Bonchev–Trinajstić information content (AvgIpc) is 1.65. The predicted octanol–water partition coefficient (Wildman–Crippen LogP) is 0.0763. The van der Waals surface area contributed by atoms with Crippen molar-refractivity contribution in [3.05, 3.63) is 0 Å². The fraction of sp³-hybridized carbons (Fsp3) is 0.667. The van der Waals surface area contributed by atoms with Crippen LogP contribution in [0.5, 0.6) is 0 Å². The summed E-state index contributed by atoms with van der Waals surface area (Å²) in [6.07, 6.45) is 0.117. The lowest BCUT2D eigenvalue weighted by molar-refractivity contribution is -0.133. The van der Waals surface area contributed by atoms with E-state index in [-0.39, 0.29) is 6.42 Å². The number of hydrogen-bond donors (Lipinski definition) is 1. The van der Waals surface area contributed by atoms with E-state index in [1.807, 2.05) is 0 Å². The fourth-order valence-electron chi connectivity index (χ4n) is 0.138. The Morgan fingerprint density at radius 3 is 2.50 bits per heavy atom. The summed E-state index contributed by atoms with van der Waals surface area (Å²) in [5, 5.41) is 0. The van der Waals surface area contributed by atoms with E-state index in [1.165, 1.54) is 6.92 Å². The normalized spacial score (nSPS) is 12.8. The third-order valence-corrected chi connectivity index (χ3v) is 0.781. The lowest BCUT2D eigenvalue weighted by Crippen LogP contribution is -2.03. The molecular weight excluding hydrogens is 132 g/mol. The van der Waals surface area contributed by atoms with Crippen LogP contribution in [-0.4, -0.2) is 14.7 Å². The Hall–Kier alpha value is -0.420. The molecule has 48 valence electrons. The summed E-state index contributed by atoms with van der Waals surface area (Å²) in [6, 6.07) is 0. The molecule has 1 atom stereocenters. The van der Waals surface area contributed by atoms with Gasteiger partial charge in [-0.25, -0.2) is 0 Å². The molecule has 8 heavy (non-hydrogen) atoms. The van der Waals surface area contributed by atoms with Gasteiger partial charge in [-0.3, -0.25) is 9.35 Å². The first-order chi connectivity index (χ1) is 3.66. The third-order valence-electron chi connectivity index (χ3n) is 0.453. The van der Waals surface area contributed by atoms with Crippen molar-refractivity contribution in [3.63, 3.8) is 0 Å². The van der Waals surface area contributed by atoms with Crippen molar-refractivity contribution in [2.24, 2.45) is 0 Å². The van der Waals surface area contributed by atoms with Crippen LogP contribution < -0.4 is 0 Å². The lowest BCUT2D eigenvalue weighted by atomic mass is 10.5. The van der Waals surface area contributed by atoms with E-state index in [9.17, 15) is 9.00 Å². The molecule has 0 aliphatic heterocycles. The number of carbonyl (C=O) groups excluding carboxylic acids is 1. The van der Waals surface area contributed by atoms with Crippen LogP contribution in [0, 0.1) is 0 Å². The van der Waals surface area contributed by atoms with E-state index in [0.29, 0.717) is 0 Å². The molecule has 1 unspecified atom stereocenters. The predicted molar refractivity (Wildman–Crippen MR) is 27.2 cm³/mol. The molecule has 0 spiro atoms. The zero-order valence-electron chi connectivity index (χ0n) is 4.29. The molecule has 5 heteroatoms. The third kappa shape index (κ3) is 3.76. The molecule has 0 fully saturated rings. The molecule has 0 saturated carbocycles. The fourth-order valence-corrected chi connectivity index (χ4v) is 0.415. The van der Waals surface area contributed by atoms with E-state index in [4.69, 9.17) is 4.55 Å². The van der Waals surface area contributed by atoms with Crippen molar-refractivity contribution in [3.8, 4) is 0 Å². The van der Waals surface area contributed by atoms with Gasteiger partial charge < -0.3 is 4.18 Å². The van der Waals surface area contributed by atoms with E-state index >= 15 is 0 Å². The van der Waals surface area contributed by atoms with Gasteiger partial charge in [0.1, 0.15) is 0 Å². The van der Waals surface area contributed by atoms with Crippen LogP contribution in [0.3, 0.4) is 0 Å². The van der Waals surface area contributed by atoms with Crippen molar-refractivity contribution in [1.29, 1.82) is 0 Å². The molecule has 4 nitrogen and oxygen atoms in total. The van der Waals surface area contributed by atoms with Crippen molar-refractivity contribution in [1.82, 2.24) is 0 Å². The minimum atomic E-state index is -2.45. The molecule has 1 N–H and O–H groups in total. The molecule has 0 rings (SSSR count). The summed E-state index contributed by atoms with van der Waals surface area (Å²) >= 11 is -2.45. The maximum Gasteiger partial charge on any atom is 0.360 e. The number of carbonyl (C=O) groups is 1. The summed E-state index contributed by atoms with van der Waals surface area (Å²) in [5.41, 5.74) is 0. The van der Waals surface area contributed by atoms with Crippen LogP contribution in [0.4, 0.5) is 0 Å². The monoisotopic (exact) mass is 138 g/mol. The van der Waals surface area contributed by atoms with Gasteiger partial charge in [-0.05, 0) is 0 Å². The Morgan fingerprint density at radius 1 is 1.88 bits per heavy atom. The molecule has 0 aliphatic rings. The first-order valence-corrected chi connectivity index (χ1v) is 3.02. The van der Waals surface area contributed by atoms with Crippen molar-refractivity contribution < 1.29 is 17.7 Å². The average molecular weight is 138 g/mol. The summed E-state index contributed by atoms with van der Waals surface area (Å²) in [5.74, 6) is -0.675. The number of rotatable bonds is 2. The topological polar surface area (TPSA) is 63.6 Å². The molecule has 0 aromatic heterocycles. The van der Waals surface area contributed by atoms with Crippen LogP contribution in [0.1, 0.15) is 13.3 Å². The minimum absolute atomic E-state index is 0.117. The summed E-state index contributed by atoms with van der Waals surface area (Å²) < 4.78 is 21.3. The largest absolute Gasteiger partial charge is 0.360 e. The second-order valence-corrected chi connectivity index (χ2v) is 1.63. The Morgan fingerprint density at radius 2 is 2.38 bits per heavy atom. The Balaban J connectivity index is 3.40. The van der Waals surface area contributed by atoms with Gasteiger partial charge in [0, 0.05) is 6.42 Å². The van der Waals surface area contributed by atoms with E-state index in [1.54, 1.807) is 0 Å². The zero-order chi connectivity index (χ0) is 6.57. The first-order valence-electron chi connectivity index (χ1n) is 1.98. The maximum absolute atomic E-state index is 10.0. The van der Waals surface area contributed by atoms with Gasteiger partial charge in [-0.1, -0.05) is 6.92 Å². The molecule has 0 radical (unpaired) electrons. The van der Waals surface area contributed by atoms with Gasteiger partial charge in [-0.15, -0.1) is 0 Å². The Labute approximate surface area is 49.3 Å². The van der Waals surface area contributed by atoms with Crippen molar-refractivity contribution >= 4 is 17.3 Å². The minimum Gasteiger partial charge on any atom is -0.343 e. The van der Waals surface area contributed by atoms with Crippen LogP contribution in [0.15, 0.2) is 0 Å². The molecule has 0 heterocycles. The van der Waals surface area contributed by atoms with Crippen molar-refractivity contribution in [2.75, 3.05) is 0 Å². The van der Waals surface area contributed by atoms with E-state index in [0.717, 1.165) is 0 Å². The highest BCUT2D eigenvalue weighted by atomic mass is 32.2. The van der Waals surface area contributed by atoms with Crippen molar-refractivity contribution in [2.45, 2.75) is 13.3 Å². The second kappa shape index (κ2) is 3.57. The Bertz CT molecular complexity index is 110. The summed E-state index contributed by atoms with van der Waals surface area (Å²) in [6.45, 7) is 1.54. The zero-order valence-corrected chi connectivity index (χ0v) is 5.10. The molecule has 0 amide bonds. The lowest BCUT2D eigenvalue weighted by Gasteiger charge is -1.90. The van der Waals surface area contributed by atoms with Gasteiger partial charge in [0.05, 0.1) is 0 Å². The second-order valence-electron chi connectivity index (χ2n) is 1.03. The van der Waals surface area contributed by atoms with Gasteiger partial charge >= 0.3 is 17.3 Å². The van der Waals surface area contributed by atoms with Crippen LogP contribution >= 0.6 is 0 Å². The van der Waals surface area contributed by atoms with E-state index in [2.05, 4.69) is 4.18 Å². The molecule has 0 bridgehead atoms. The standard InChI is InChI=1S/C3H6O4S/c1-2-3(4)7-8(5)6/h2H2,1H3,(H,5,6). The molecular formula is C3H6O4S. The first kappa shape index (κ1) is 7.58. The highest BCUT2D eigenvalue weighted by Crippen LogP contribution is 1.84. The number of hydrogen-bond acceptors (Lipinski definition) is 3. The molecule has 0 aliphatic carbocycles. The molecule has 0 aromatic carbocycles. The van der Waals surface area contributed by atoms with Crippen LogP contribution in [0.25, 0.3) is 0 Å². The van der Waals surface area contributed by atoms with Crippen LogP contribution in [-0.2, 0) is 20.3 Å². The maximum atomic E-state index is 10.0. The summed E-state index contributed by atoms with van der Waals surface area (Å²) in [4.78, 5) is 10.0. The van der Waals surface area contributed by atoms with E-state index < -0.39 is 17.3 Å². The smallest absolute Gasteiger partial charge is 0.343 e. The SMILES string of the molecule is CCC(=O)OS(=O)O. The van der Waals surface area contributed by atoms with Gasteiger partial charge in [0.2, 0.25) is 0 Å². The highest BCUT2D eigenvalue weighted by molar-refractivity contribution is 7.74. The molecule has 0 aromatic rings. The quantitative estimate of drug-likeness (QED) is 0.549. The molecule has 0 saturated heterocycles. The highest BCUT2D eigenvalue weighted by Gasteiger charge is 2.00.